The monoisotopic (exact) mass is 152 g/mol. The summed E-state index contributed by atoms with van der Waals surface area (Å²) >= 11 is 0. The summed E-state index contributed by atoms with van der Waals surface area (Å²) in [6, 6.07) is 3.95. The fourth-order valence-corrected chi connectivity index (χ4v) is 0.448. The van der Waals surface area contributed by atoms with Gasteiger partial charge in [-0.05, 0) is 39.7 Å². The Morgan fingerprint density at radius 2 is 1.82 bits per heavy atom. The fourth-order valence-electron chi connectivity index (χ4n) is 0.448. The van der Waals surface area contributed by atoms with Crippen LogP contribution in [0.2, 0.25) is 0 Å². The van der Waals surface area contributed by atoms with E-state index in [2.05, 4.69) is 4.98 Å². The van der Waals surface area contributed by atoms with Gasteiger partial charge in [-0.3, -0.25) is 4.98 Å². The second-order valence-electron chi connectivity index (χ2n) is 2.87. The lowest BCUT2D eigenvalue weighted by Gasteiger charge is -1.90. The highest BCUT2D eigenvalue weighted by Gasteiger charge is 1.73. The van der Waals surface area contributed by atoms with Gasteiger partial charge in [0.05, 0.1) is 0 Å². The Labute approximate surface area is 68.9 Å². The number of nitrogens with zero attached hydrogens (tertiary/aromatic N) is 2. The van der Waals surface area contributed by atoms with Crippen molar-refractivity contribution in [1.82, 2.24) is 9.88 Å². The van der Waals surface area contributed by atoms with Gasteiger partial charge < -0.3 is 4.90 Å². The van der Waals surface area contributed by atoms with Crippen LogP contribution in [0.3, 0.4) is 0 Å². The highest BCUT2D eigenvalue weighted by atomic mass is 15.0. The van der Waals surface area contributed by atoms with Crippen molar-refractivity contribution in [2.45, 2.75) is 6.92 Å². The van der Waals surface area contributed by atoms with Gasteiger partial charge in [0.25, 0.3) is 0 Å². The average molecular weight is 152 g/mol. The van der Waals surface area contributed by atoms with Gasteiger partial charge in [-0.25, -0.2) is 0 Å². The number of aromatic nitrogens is 1. The maximum absolute atomic E-state index is 3.88. The molecular formula is C9H16N2. The molecule has 0 bridgehead atoms. The summed E-state index contributed by atoms with van der Waals surface area (Å²) in [4.78, 5) is 5.88. The molecule has 1 heterocycles. The third-order valence-electron chi connectivity index (χ3n) is 0.809. The van der Waals surface area contributed by atoms with Gasteiger partial charge in [-0.15, -0.1) is 0 Å². The summed E-state index contributed by atoms with van der Waals surface area (Å²) in [5.41, 5.74) is 1.21. The molecular weight excluding hydrogens is 136 g/mol. The Morgan fingerprint density at radius 3 is 2.00 bits per heavy atom. The molecule has 0 aliphatic carbocycles. The lowest BCUT2D eigenvalue weighted by molar-refractivity contribution is 0.505. The van der Waals surface area contributed by atoms with E-state index in [9.17, 15) is 0 Å². The van der Waals surface area contributed by atoms with E-state index in [4.69, 9.17) is 0 Å². The van der Waals surface area contributed by atoms with Crippen molar-refractivity contribution < 1.29 is 0 Å². The maximum atomic E-state index is 3.88. The lowest BCUT2D eigenvalue weighted by Crippen LogP contribution is -1.99. The highest BCUT2D eigenvalue weighted by Crippen LogP contribution is 1.88. The molecule has 0 N–H and O–H groups in total. The van der Waals surface area contributed by atoms with Crippen LogP contribution in [-0.2, 0) is 0 Å². The molecule has 0 fully saturated rings. The molecule has 1 aromatic heterocycles. The first-order valence-electron chi connectivity index (χ1n) is 3.60. The molecule has 0 amide bonds. The van der Waals surface area contributed by atoms with Crippen LogP contribution in [0.5, 0.6) is 0 Å². The van der Waals surface area contributed by atoms with E-state index in [0.29, 0.717) is 0 Å². The van der Waals surface area contributed by atoms with Crippen LogP contribution >= 0.6 is 0 Å². The summed E-state index contributed by atoms with van der Waals surface area (Å²) in [6.45, 7) is 2.02. The Kier molecular flexibility index (Phi) is 5.39. The summed E-state index contributed by atoms with van der Waals surface area (Å²) in [6.07, 6.45) is 3.60. The number of aryl methyl sites for hydroxylation is 1. The van der Waals surface area contributed by atoms with Crippen molar-refractivity contribution in [1.29, 1.82) is 0 Å². The molecule has 0 radical (unpaired) electrons. The Balaban J connectivity index is 0.000000218. The van der Waals surface area contributed by atoms with Crippen LogP contribution in [0.4, 0.5) is 0 Å². The molecule has 0 saturated carbocycles. The molecule has 2 nitrogen and oxygen atoms in total. The van der Waals surface area contributed by atoms with Crippen molar-refractivity contribution in [2.24, 2.45) is 0 Å². The Morgan fingerprint density at radius 1 is 1.27 bits per heavy atom. The smallest absolute Gasteiger partial charge is 0.0297 e. The predicted octanol–water partition coefficient (Wildman–Crippen LogP) is 1.57. The third-order valence-corrected chi connectivity index (χ3v) is 0.809. The summed E-state index contributed by atoms with van der Waals surface area (Å²) in [5.74, 6) is 0. The van der Waals surface area contributed by atoms with E-state index in [1.165, 1.54) is 5.56 Å². The third kappa shape index (κ3) is 9.11. The van der Waals surface area contributed by atoms with E-state index in [0.717, 1.165) is 0 Å². The zero-order chi connectivity index (χ0) is 8.69. The zero-order valence-electron chi connectivity index (χ0n) is 7.70. The molecule has 0 atom stereocenters. The molecule has 1 rings (SSSR count). The van der Waals surface area contributed by atoms with Crippen LogP contribution in [0.1, 0.15) is 5.56 Å². The molecule has 2 heteroatoms. The van der Waals surface area contributed by atoms with Gasteiger partial charge >= 0.3 is 0 Å². The van der Waals surface area contributed by atoms with E-state index in [-0.39, 0.29) is 0 Å². The van der Waals surface area contributed by atoms with Crippen LogP contribution < -0.4 is 0 Å². The Hall–Kier alpha value is -0.890. The molecule has 62 valence electrons. The molecule has 0 unspecified atom stereocenters. The number of hydrogen-bond donors (Lipinski definition) is 0. The van der Waals surface area contributed by atoms with Gasteiger partial charge in [0.2, 0.25) is 0 Å². The molecule has 0 saturated heterocycles. The van der Waals surface area contributed by atoms with Gasteiger partial charge in [0, 0.05) is 12.4 Å². The summed E-state index contributed by atoms with van der Waals surface area (Å²) in [7, 11) is 6.00. The minimum atomic E-state index is 1.21. The van der Waals surface area contributed by atoms with E-state index in [1.54, 1.807) is 6.20 Å². The molecule has 11 heavy (non-hydrogen) atoms. The SMILES string of the molecule is CN(C)C.Cc1cccnc1. The van der Waals surface area contributed by atoms with Gasteiger partial charge in [-0.1, -0.05) is 6.07 Å². The number of hydrogen-bond acceptors (Lipinski definition) is 2. The molecule has 1 aromatic rings. The maximum Gasteiger partial charge on any atom is 0.0297 e. The number of rotatable bonds is 0. The number of pyridine rings is 1. The quantitative estimate of drug-likeness (QED) is 0.561. The summed E-state index contributed by atoms with van der Waals surface area (Å²) in [5, 5.41) is 0. The molecule has 0 aliphatic heterocycles. The molecule has 0 spiro atoms. The first-order chi connectivity index (χ1) is 5.13. The van der Waals surface area contributed by atoms with Crippen LogP contribution in [-0.4, -0.2) is 31.0 Å². The average Bonchev–Trinajstić information content (AvgIpc) is 1.87. The van der Waals surface area contributed by atoms with Crippen molar-refractivity contribution in [2.75, 3.05) is 21.1 Å². The lowest BCUT2D eigenvalue weighted by atomic mass is 10.3. The highest BCUT2D eigenvalue weighted by molar-refractivity contribution is 5.04. The standard InChI is InChI=1S/C6H7N.C3H9N/c1-6-3-2-4-7-5-6;1-4(2)3/h2-5H,1H3;1-3H3. The minimum Gasteiger partial charge on any atom is -0.312 e. The van der Waals surface area contributed by atoms with Gasteiger partial charge in [0.15, 0.2) is 0 Å². The van der Waals surface area contributed by atoms with Crippen LogP contribution in [0, 0.1) is 6.92 Å². The minimum absolute atomic E-state index is 1.21. The second-order valence-corrected chi connectivity index (χ2v) is 2.87. The first kappa shape index (κ1) is 10.1. The topological polar surface area (TPSA) is 16.1 Å². The first-order valence-corrected chi connectivity index (χ1v) is 3.60. The van der Waals surface area contributed by atoms with Crippen molar-refractivity contribution in [3.8, 4) is 0 Å². The van der Waals surface area contributed by atoms with Crippen molar-refractivity contribution >= 4 is 0 Å². The van der Waals surface area contributed by atoms with Gasteiger partial charge in [-0.2, -0.15) is 0 Å². The molecule has 0 aliphatic rings. The van der Waals surface area contributed by atoms with Crippen LogP contribution in [0.15, 0.2) is 24.5 Å². The van der Waals surface area contributed by atoms with Crippen molar-refractivity contribution in [3.05, 3.63) is 30.1 Å². The van der Waals surface area contributed by atoms with E-state index < -0.39 is 0 Å². The predicted molar refractivity (Wildman–Crippen MR) is 48.6 cm³/mol. The second kappa shape index (κ2) is 5.86. The zero-order valence-corrected chi connectivity index (χ0v) is 7.70. The largest absolute Gasteiger partial charge is 0.312 e. The summed E-state index contributed by atoms with van der Waals surface area (Å²) < 4.78 is 0. The normalized spacial score (nSPS) is 8.82. The van der Waals surface area contributed by atoms with Gasteiger partial charge in [0.1, 0.15) is 0 Å². The molecule has 0 aromatic carbocycles. The Bertz CT molecular complexity index is 167. The van der Waals surface area contributed by atoms with Crippen molar-refractivity contribution in [3.63, 3.8) is 0 Å². The van der Waals surface area contributed by atoms with Crippen LogP contribution in [0.25, 0.3) is 0 Å². The van der Waals surface area contributed by atoms with E-state index >= 15 is 0 Å². The van der Waals surface area contributed by atoms with E-state index in [1.807, 2.05) is 51.3 Å². The fraction of sp³-hybridized carbons (Fsp3) is 0.444.